The highest BCUT2D eigenvalue weighted by molar-refractivity contribution is 5.77. The molecule has 0 saturated heterocycles. The third-order valence-electron chi connectivity index (χ3n) is 2.80. The van der Waals surface area contributed by atoms with Crippen LogP contribution in [0, 0.1) is 10.1 Å². The quantitative estimate of drug-likeness (QED) is 0.191. The highest BCUT2D eigenvalue weighted by Crippen LogP contribution is 2.34. The van der Waals surface area contributed by atoms with Crippen LogP contribution >= 0.6 is 0 Å². The Hall–Kier alpha value is -3.91. The Labute approximate surface area is 120 Å². The van der Waals surface area contributed by atoms with Crippen molar-refractivity contribution in [3.63, 3.8) is 0 Å². The molecule has 0 unspecified atom stereocenters. The normalized spacial score (nSPS) is 10.9. The smallest absolute Gasteiger partial charge is 0.329 e. The van der Waals surface area contributed by atoms with Gasteiger partial charge in [0, 0.05) is 0 Å². The van der Waals surface area contributed by atoms with E-state index in [0.717, 1.165) is 9.35 Å². The molecule has 114 valence electrons. The average Bonchev–Trinajstić information content (AvgIpc) is 3.12. The minimum atomic E-state index is -0.704. The van der Waals surface area contributed by atoms with Gasteiger partial charge in [-0.3, -0.25) is 15.2 Å². The van der Waals surface area contributed by atoms with Crippen LogP contribution in [0.4, 0.5) is 17.6 Å². The Morgan fingerprint density at radius 3 is 2.00 bits per heavy atom. The Morgan fingerprint density at radius 1 is 1.00 bits per heavy atom. The van der Waals surface area contributed by atoms with Gasteiger partial charge in [-0.25, -0.2) is 9.35 Å². The molecule has 0 spiro atoms. The summed E-state index contributed by atoms with van der Waals surface area (Å²) in [6.45, 7) is 0. The van der Waals surface area contributed by atoms with Crippen molar-refractivity contribution in [3.8, 4) is 23.0 Å². The lowest BCUT2D eigenvalue weighted by Crippen LogP contribution is -2.14. The lowest BCUT2D eigenvalue weighted by molar-refractivity contribution is -0.383. The van der Waals surface area contributed by atoms with Gasteiger partial charge in [0.15, 0.2) is 5.69 Å². The van der Waals surface area contributed by atoms with Crippen molar-refractivity contribution in [2.45, 2.75) is 0 Å². The van der Waals surface area contributed by atoms with E-state index in [1.165, 1.54) is 0 Å². The standard InChI is InChI=1S/C7H9N13O2/c8-6-16-14-4(18(6)10)1-3(20(21)22)2(13-12-1)5-15-17-7(9)19(5)11/h10-11H2,(H2,8,16)(H2,9,17)(H,12,13). The zero-order valence-corrected chi connectivity index (χ0v) is 10.7. The van der Waals surface area contributed by atoms with Crippen LogP contribution < -0.4 is 23.2 Å². The maximum Gasteiger partial charge on any atom is 0.329 e. The van der Waals surface area contributed by atoms with Crippen LogP contribution in [-0.2, 0) is 0 Å². The number of nitrogen functional groups attached to an aromatic ring is 4. The van der Waals surface area contributed by atoms with Gasteiger partial charge in [-0.1, -0.05) is 0 Å². The number of hydrogen-bond donors (Lipinski definition) is 5. The first-order valence-electron chi connectivity index (χ1n) is 5.57. The molecule has 3 heterocycles. The number of nitrogens with zero attached hydrogens (tertiary/aromatic N) is 8. The summed E-state index contributed by atoms with van der Waals surface area (Å²) in [6, 6.07) is 0. The van der Waals surface area contributed by atoms with Crippen molar-refractivity contribution >= 4 is 17.6 Å². The van der Waals surface area contributed by atoms with E-state index < -0.39 is 10.6 Å². The topological polar surface area (TPSA) is 237 Å². The number of nitrogens with two attached hydrogens (primary N) is 4. The second kappa shape index (κ2) is 4.30. The number of rotatable bonds is 3. The second-order valence-electron chi connectivity index (χ2n) is 4.06. The first kappa shape index (κ1) is 13.1. The molecule has 0 amide bonds. The molecule has 0 bridgehead atoms. The zero-order chi connectivity index (χ0) is 16.0. The number of hydrogen-bond acceptors (Lipinski definition) is 11. The monoisotopic (exact) mass is 307 g/mol. The molecule has 0 aliphatic rings. The van der Waals surface area contributed by atoms with Gasteiger partial charge in [0.2, 0.25) is 29.2 Å². The van der Waals surface area contributed by atoms with Gasteiger partial charge in [-0.05, 0) is 0 Å². The number of H-pyrrole nitrogens is 1. The maximum atomic E-state index is 11.4. The molecule has 0 aromatic carbocycles. The molecular formula is C7H9N13O2. The fourth-order valence-corrected chi connectivity index (χ4v) is 1.76. The highest BCUT2D eigenvalue weighted by Gasteiger charge is 2.32. The summed E-state index contributed by atoms with van der Waals surface area (Å²) in [5, 5.41) is 31.9. The van der Waals surface area contributed by atoms with Crippen molar-refractivity contribution in [1.82, 2.24) is 39.9 Å². The number of anilines is 2. The molecule has 9 N–H and O–H groups in total. The minimum Gasteiger partial charge on any atom is -0.366 e. The molecule has 0 fully saturated rings. The Balaban J connectivity index is 2.25. The van der Waals surface area contributed by atoms with Crippen LogP contribution in [0.2, 0.25) is 0 Å². The molecule has 3 aromatic rings. The van der Waals surface area contributed by atoms with Crippen LogP contribution in [-0.4, -0.2) is 44.9 Å². The molecule has 15 heteroatoms. The summed E-state index contributed by atoms with van der Waals surface area (Å²) in [5.74, 6) is 10.7. The summed E-state index contributed by atoms with van der Waals surface area (Å²) >= 11 is 0. The van der Waals surface area contributed by atoms with E-state index in [1.54, 1.807) is 0 Å². The van der Waals surface area contributed by atoms with E-state index in [9.17, 15) is 10.1 Å². The van der Waals surface area contributed by atoms with Crippen molar-refractivity contribution in [2.75, 3.05) is 23.2 Å². The minimum absolute atomic E-state index is 0.0843. The van der Waals surface area contributed by atoms with Crippen LogP contribution in [0.15, 0.2) is 0 Å². The van der Waals surface area contributed by atoms with Gasteiger partial charge >= 0.3 is 5.69 Å². The van der Waals surface area contributed by atoms with E-state index in [4.69, 9.17) is 23.2 Å². The molecule has 22 heavy (non-hydrogen) atoms. The van der Waals surface area contributed by atoms with Crippen molar-refractivity contribution in [2.24, 2.45) is 0 Å². The van der Waals surface area contributed by atoms with Crippen LogP contribution in [0.25, 0.3) is 23.0 Å². The summed E-state index contributed by atoms with van der Waals surface area (Å²) in [7, 11) is 0. The fourth-order valence-electron chi connectivity index (χ4n) is 1.76. The summed E-state index contributed by atoms with van der Waals surface area (Å²) in [6.07, 6.45) is 0. The molecule has 0 aliphatic heterocycles. The first-order chi connectivity index (χ1) is 10.4. The highest BCUT2D eigenvalue weighted by atomic mass is 16.6. The van der Waals surface area contributed by atoms with E-state index >= 15 is 0 Å². The van der Waals surface area contributed by atoms with Crippen molar-refractivity contribution in [3.05, 3.63) is 10.1 Å². The largest absolute Gasteiger partial charge is 0.366 e. The van der Waals surface area contributed by atoms with Gasteiger partial charge in [-0.15, -0.1) is 20.4 Å². The molecular weight excluding hydrogens is 298 g/mol. The molecule has 15 nitrogen and oxygen atoms in total. The van der Waals surface area contributed by atoms with E-state index in [0.29, 0.717) is 0 Å². The molecule has 0 saturated carbocycles. The van der Waals surface area contributed by atoms with Crippen molar-refractivity contribution < 1.29 is 4.92 Å². The van der Waals surface area contributed by atoms with Crippen LogP contribution in [0.1, 0.15) is 0 Å². The maximum absolute atomic E-state index is 11.4. The first-order valence-corrected chi connectivity index (χ1v) is 5.57. The third kappa shape index (κ3) is 1.65. The number of nitrogens with one attached hydrogen (secondary N) is 1. The fraction of sp³-hybridized carbons (Fsp3) is 0. The van der Waals surface area contributed by atoms with Gasteiger partial charge < -0.3 is 23.2 Å². The summed E-state index contributed by atoms with van der Waals surface area (Å²) < 4.78 is 1.72. The van der Waals surface area contributed by atoms with Gasteiger partial charge in [0.05, 0.1) is 4.92 Å². The van der Waals surface area contributed by atoms with E-state index in [2.05, 4.69) is 30.6 Å². The number of aromatic nitrogens is 8. The van der Waals surface area contributed by atoms with Crippen molar-refractivity contribution in [1.29, 1.82) is 0 Å². The average molecular weight is 307 g/mol. The zero-order valence-electron chi connectivity index (χ0n) is 10.7. The predicted molar refractivity (Wildman–Crippen MR) is 72.4 cm³/mol. The molecule has 3 rings (SSSR count). The third-order valence-corrected chi connectivity index (χ3v) is 2.80. The van der Waals surface area contributed by atoms with Crippen LogP contribution in [0.5, 0.6) is 0 Å². The summed E-state index contributed by atoms with van der Waals surface area (Å²) in [4.78, 5) is 10.7. The second-order valence-corrected chi connectivity index (χ2v) is 4.06. The number of aromatic amines is 1. The van der Waals surface area contributed by atoms with E-state index in [-0.39, 0.29) is 34.9 Å². The molecule has 0 radical (unpaired) electrons. The van der Waals surface area contributed by atoms with E-state index in [1.807, 2.05) is 0 Å². The van der Waals surface area contributed by atoms with Gasteiger partial charge in [0.1, 0.15) is 0 Å². The molecule has 0 aliphatic carbocycles. The lowest BCUT2D eigenvalue weighted by Gasteiger charge is -1.99. The molecule has 3 aromatic heterocycles. The van der Waals surface area contributed by atoms with Gasteiger partial charge in [0.25, 0.3) is 0 Å². The van der Waals surface area contributed by atoms with Crippen LogP contribution in [0.3, 0.4) is 0 Å². The Kier molecular flexibility index (Phi) is 2.56. The lowest BCUT2D eigenvalue weighted by atomic mass is 10.2. The summed E-state index contributed by atoms with van der Waals surface area (Å²) in [5.41, 5.74) is 10.1. The number of nitro groups is 1. The SMILES string of the molecule is Nc1nnc(-c2n[nH]c(-c3nnc(N)n3N)c2[N+](=O)[O-])n1N. The Morgan fingerprint density at radius 2 is 1.55 bits per heavy atom. The predicted octanol–water partition coefficient (Wildman–Crippen LogP) is -2.57. The van der Waals surface area contributed by atoms with Gasteiger partial charge in [-0.2, -0.15) is 5.10 Å². The Bertz CT molecular complexity index is 807. The molecule has 0 atom stereocenters.